The van der Waals surface area contributed by atoms with E-state index in [4.69, 9.17) is 4.74 Å². The summed E-state index contributed by atoms with van der Waals surface area (Å²) in [4.78, 5) is 11.4. The Bertz CT molecular complexity index is 424. The predicted molar refractivity (Wildman–Crippen MR) is 82.4 cm³/mol. The van der Waals surface area contributed by atoms with Crippen molar-refractivity contribution < 1.29 is 9.53 Å². The lowest BCUT2D eigenvalue weighted by Crippen LogP contribution is -2.24. The predicted octanol–water partition coefficient (Wildman–Crippen LogP) is 4.22. The van der Waals surface area contributed by atoms with Crippen LogP contribution in [-0.4, -0.2) is 12.6 Å². The molecule has 3 heteroatoms. The number of ether oxygens (including phenoxy) is 1. The van der Waals surface area contributed by atoms with E-state index in [2.05, 4.69) is 30.5 Å². The highest BCUT2D eigenvalue weighted by atomic mass is 16.5. The molecule has 0 aliphatic carbocycles. The van der Waals surface area contributed by atoms with Gasteiger partial charge in [0.2, 0.25) is 0 Å². The number of carbonyl (C=O) groups excluding carboxylic acids is 1. The SMILES string of the molecule is CC/C=C\CC/C=C/CNC(=O)OCc1ccccc1. The number of alkyl carbamates (subject to hydrolysis) is 1. The molecule has 0 heterocycles. The molecule has 1 rings (SSSR count). The van der Waals surface area contributed by atoms with Crippen LogP contribution >= 0.6 is 0 Å². The lowest BCUT2D eigenvalue weighted by Gasteiger charge is -2.05. The monoisotopic (exact) mass is 273 g/mol. The first kappa shape index (κ1) is 16.0. The fourth-order valence-electron chi connectivity index (χ4n) is 1.59. The maximum atomic E-state index is 11.4. The van der Waals surface area contributed by atoms with E-state index in [0.717, 1.165) is 24.8 Å². The van der Waals surface area contributed by atoms with Gasteiger partial charge in [-0.25, -0.2) is 4.79 Å². The highest BCUT2D eigenvalue weighted by Gasteiger charge is 1.99. The number of allylic oxidation sites excluding steroid dienone is 3. The van der Waals surface area contributed by atoms with Crippen molar-refractivity contribution in [1.29, 1.82) is 0 Å². The van der Waals surface area contributed by atoms with Crippen molar-refractivity contribution in [3.63, 3.8) is 0 Å². The number of hydrogen-bond acceptors (Lipinski definition) is 2. The Morgan fingerprint density at radius 2 is 1.80 bits per heavy atom. The van der Waals surface area contributed by atoms with E-state index in [1.807, 2.05) is 36.4 Å². The largest absolute Gasteiger partial charge is 0.445 e. The Labute approximate surface area is 121 Å². The van der Waals surface area contributed by atoms with Crippen LogP contribution in [0, 0.1) is 0 Å². The number of hydrogen-bond donors (Lipinski definition) is 1. The molecular weight excluding hydrogens is 250 g/mol. The molecule has 3 nitrogen and oxygen atoms in total. The van der Waals surface area contributed by atoms with Crippen LogP contribution in [0.25, 0.3) is 0 Å². The van der Waals surface area contributed by atoms with E-state index in [0.29, 0.717) is 13.2 Å². The zero-order valence-corrected chi connectivity index (χ0v) is 12.0. The number of carbonyl (C=O) groups is 1. The molecule has 0 aliphatic rings. The van der Waals surface area contributed by atoms with E-state index < -0.39 is 0 Å². The van der Waals surface area contributed by atoms with Crippen molar-refractivity contribution in [1.82, 2.24) is 5.32 Å². The third kappa shape index (κ3) is 8.14. The van der Waals surface area contributed by atoms with Crippen molar-refractivity contribution in [3.05, 3.63) is 60.2 Å². The number of nitrogens with one attached hydrogen (secondary N) is 1. The molecule has 0 unspecified atom stereocenters. The van der Waals surface area contributed by atoms with E-state index in [1.165, 1.54) is 0 Å². The van der Waals surface area contributed by atoms with Crippen LogP contribution in [0.2, 0.25) is 0 Å². The van der Waals surface area contributed by atoms with Gasteiger partial charge in [0.25, 0.3) is 0 Å². The second kappa shape index (κ2) is 10.9. The third-order valence-electron chi connectivity index (χ3n) is 2.65. The molecule has 0 bridgehead atoms. The summed E-state index contributed by atoms with van der Waals surface area (Å²) in [5, 5.41) is 2.69. The molecule has 0 fully saturated rings. The average Bonchev–Trinajstić information content (AvgIpc) is 2.49. The number of unbranched alkanes of at least 4 members (excludes halogenated alkanes) is 1. The highest BCUT2D eigenvalue weighted by molar-refractivity contribution is 5.67. The third-order valence-corrected chi connectivity index (χ3v) is 2.65. The Kier molecular flexibility index (Phi) is 8.70. The summed E-state index contributed by atoms with van der Waals surface area (Å²) in [6.07, 6.45) is 11.1. The molecule has 0 spiro atoms. The summed E-state index contributed by atoms with van der Waals surface area (Å²) in [5.74, 6) is 0. The van der Waals surface area contributed by atoms with E-state index in [9.17, 15) is 4.79 Å². The van der Waals surface area contributed by atoms with E-state index in [1.54, 1.807) is 0 Å². The average molecular weight is 273 g/mol. The Balaban J connectivity index is 2.05. The van der Waals surface area contributed by atoms with Gasteiger partial charge in [-0.1, -0.05) is 61.6 Å². The van der Waals surface area contributed by atoms with Crippen molar-refractivity contribution >= 4 is 6.09 Å². The smallest absolute Gasteiger partial charge is 0.407 e. The quantitative estimate of drug-likeness (QED) is 0.569. The number of benzene rings is 1. The van der Waals surface area contributed by atoms with Gasteiger partial charge in [0, 0.05) is 6.54 Å². The first-order valence-electron chi connectivity index (χ1n) is 7.07. The molecule has 0 saturated carbocycles. The molecule has 20 heavy (non-hydrogen) atoms. The summed E-state index contributed by atoms with van der Waals surface area (Å²) in [6.45, 7) is 2.93. The van der Waals surface area contributed by atoms with Gasteiger partial charge in [0.1, 0.15) is 6.61 Å². The summed E-state index contributed by atoms with van der Waals surface area (Å²) in [6, 6.07) is 9.64. The fourth-order valence-corrected chi connectivity index (χ4v) is 1.59. The maximum Gasteiger partial charge on any atom is 0.407 e. The summed E-state index contributed by atoms with van der Waals surface area (Å²) >= 11 is 0. The molecule has 0 saturated heterocycles. The zero-order valence-electron chi connectivity index (χ0n) is 12.0. The van der Waals surface area contributed by atoms with Gasteiger partial charge < -0.3 is 10.1 Å². The first-order valence-corrected chi connectivity index (χ1v) is 7.07. The molecule has 0 radical (unpaired) electrons. The Hall–Kier alpha value is -2.03. The molecule has 1 N–H and O–H groups in total. The van der Waals surface area contributed by atoms with Crippen LogP contribution in [0.15, 0.2) is 54.6 Å². The molecule has 108 valence electrons. The van der Waals surface area contributed by atoms with Crippen LogP contribution in [-0.2, 0) is 11.3 Å². The second-order valence-electron chi connectivity index (χ2n) is 4.37. The van der Waals surface area contributed by atoms with Crippen LogP contribution < -0.4 is 5.32 Å². The maximum absolute atomic E-state index is 11.4. The van der Waals surface area contributed by atoms with Crippen LogP contribution in [0.5, 0.6) is 0 Å². The lowest BCUT2D eigenvalue weighted by molar-refractivity contribution is 0.140. The molecule has 1 aromatic carbocycles. The van der Waals surface area contributed by atoms with E-state index in [-0.39, 0.29) is 6.09 Å². The normalized spacial score (nSPS) is 11.1. The Morgan fingerprint density at radius 1 is 1.10 bits per heavy atom. The highest BCUT2D eigenvalue weighted by Crippen LogP contribution is 2.00. The van der Waals surface area contributed by atoms with Gasteiger partial charge in [-0.2, -0.15) is 0 Å². The van der Waals surface area contributed by atoms with Crippen LogP contribution in [0.4, 0.5) is 4.79 Å². The van der Waals surface area contributed by atoms with Crippen molar-refractivity contribution in [3.8, 4) is 0 Å². The van der Waals surface area contributed by atoms with Crippen molar-refractivity contribution in [2.24, 2.45) is 0 Å². The molecule has 0 atom stereocenters. The van der Waals surface area contributed by atoms with Gasteiger partial charge in [-0.3, -0.25) is 0 Å². The van der Waals surface area contributed by atoms with E-state index >= 15 is 0 Å². The molecule has 1 amide bonds. The van der Waals surface area contributed by atoms with Gasteiger partial charge in [0.05, 0.1) is 0 Å². The summed E-state index contributed by atoms with van der Waals surface area (Å²) < 4.78 is 5.09. The summed E-state index contributed by atoms with van der Waals surface area (Å²) in [7, 11) is 0. The Morgan fingerprint density at radius 3 is 2.50 bits per heavy atom. The van der Waals surface area contributed by atoms with Crippen LogP contribution in [0.1, 0.15) is 31.7 Å². The standard InChI is InChI=1S/C17H23NO2/c1-2-3-4-5-6-7-11-14-18-17(19)20-15-16-12-9-8-10-13-16/h3-4,7-13H,2,5-6,14-15H2,1H3,(H,18,19)/b4-3-,11-7+. The van der Waals surface area contributed by atoms with Gasteiger partial charge in [0.15, 0.2) is 0 Å². The lowest BCUT2D eigenvalue weighted by atomic mass is 10.2. The first-order chi connectivity index (χ1) is 9.83. The fraction of sp³-hybridized carbons (Fsp3) is 0.353. The van der Waals surface area contributed by atoms with Gasteiger partial charge >= 0.3 is 6.09 Å². The van der Waals surface area contributed by atoms with Gasteiger partial charge in [-0.15, -0.1) is 0 Å². The summed E-state index contributed by atoms with van der Waals surface area (Å²) in [5.41, 5.74) is 0.987. The van der Waals surface area contributed by atoms with Crippen LogP contribution in [0.3, 0.4) is 0 Å². The van der Waals surface area contributed by atoms with Crippen molar-refractivity contribution in [2.75, 3.05) is 6.54 Å². The molecule has 1 aromatic rings. The molecule has 0 aliphatic heterocycles. The zero-order chi connectivity index (χ0) is 14.5. The topological polar surface area (TPSA) is 38.3 Å². The molecule has 0 aromatic heterocycles. The van der Waals surface area contributed by atoms with Gasteiger partial charge in [-0.05, 0) is 24.8 Å². The number of rotatable bonds is 8. The molecular formula is C17H23NO2. The van der Waals surface area contributed by atoms with Crippen molar-refractivity contribution in [2.45, 2.75) is 32.8 Å². The minimum absolute atomic E-state index is 0.304. The second-order valence-corrected chi connectivity index (χ2v) is 4.37. The minimum Gasteiger partial charge on any atom is -0.445 e. The number of amides is 1. The minimum atomic E-state index is -0.385.